The number of nitriles is 1. The van der Waals surface area contributed by atoms with Gasteiger partial charge in [-0.3, -0.25) is 4.57 Å². The lowest BCUT2D eigenvalue weighted by molar-refractivity contribution is 0.952. The lowest BCUT2D eigenvalue weighted by Crippen LogP contribution is -2.08. The Bertz CT molecular complexity index is 4180. The lowest BCUT2D eigenvalue weighted by Gasteiger charge is -2.16. The van der Waals surface area contributed by atoms with Crippen LogP contribution in [0.3, 0.4) is 0 Å². The van der Waals surface area contributed by atoms with Gasteiger partial charge in [0.05, 0.1) is 57.0 Å². The Morgan fingerprint density at radius 1 is 0.433 bits per heavy atom. The van der Waals surface area contributed by atoms with E-state index in [-0.39, 0.29) is 0 Å². The van der Waals surface area contributed by atoms with Gasteiger partial charge in [-0.2, -0.15) is 15.2 Å². The van der Waals surface area contributed by atoms with Crippen LogP contribution < -0.4 is 0 Å². The van der Waals surface area contributed by atoms with Crippen LogP contribution in [0, 0.1) is 17.9 Å². The van der Waals surface area contributed by atoms with Gasteiger partial charge in [0.15, 0.2) is 17.3 Å². The Labute approximate surface area is 384 Å². The molecule has 0 spiro atoms. The predicted octanol–water partition coefficient (Wildman–Crippen LogP) is 14.6. The number of nitrogens with zero attached hydrogens (tertiary/aromatic N) is 8. The van der Waals surface area contributed by atoms with Crippen LogP contribution in [-0.4, -0.2) is 28.7 Å². The van der Waals surface area contributed by atoms with Crippen molar-refractivity contribution in [1.82, 2.24) is 28.7 Å². The minimum Gasteiger partial charge on any atom is -0.309 e. The fraction of sp³-hybridized carbons (Fsp3) is 0. The van der Waals surface area contributed by atoms with E-state index >= 15 is 0 Å². The number of benzene rings is 9. The Balaban J connectivity index is 1.13. The quantitative estimate of drug-likeness (QED) is 0.156. The topological polar surface area (TPSA) is 81.6 Å². The van der Waals surface area contributed by atoms with Gasteiger partial charge in [-0.1, -0.05) is 133 Å². The van der Waals surface area contributed by atoms with Gasteiger partial charge in [0.2, 0.25) is 5.95 Å². The van der Waals surface area contributed by atoms with E-state index in [9.17, 15) is 5.26 Å². The number of aromatic nitrogens is 6. The van der Waals surface area contributed by atoms with Gasteiger partial charge < -0.3 is 9.13 Å². The molecular weight excluding hydrogens is 821 g/mol. The molecule has 13 aromatic rings. The second-order valence-corrected chi connectivity index (χ2v) is 16.6. The van der Waals surface area contributed by atoms with Crippen molar-refractivity contribution in [3.8, 4) is 57.3 Å². The molecule has 9 aromatic carbocycles. The van der Waals surface area contributed by atoms with Gasteiger partial charge >= 0.3 is 0 Å². The van der Waals surface area contributed by atoms with Gasteiger partial charge in [0.25, 0.3) is 0 Å². The molecule has 8 nitrogen and oxygen atoms in total. The Hall–Kier alpha value is -9.63. The third-order valence-electron chi connectivity index (χ3n) is 12.9. The minimum atomic E-state index is 0.427. The molecule has 0 unspecified atom stereocenters. The molecule has 4 heterocycles. The SMILES string of the molecule is [C-]#[N+]c1ccc(-n2c3ccccc3c3ccc4c(c5ccccc5n4-c4ccccc4)c32)c(-c2nc(-c3cccc(-c4ccc(C#N)cc4)c3)nc(-n3c4ccccc4c4ccccc43)n2)c1. The van der Waals surface area contributed by atoms with Crippen molar-refractivity contribution in [3.63, 3.8) is 0 Å². The van der Waals surface area contributed by atoms with E-state index in [1.54, 1.807) is 0 Å². The summed E-state index contributed by atoms with van der Waals surface area (Å²) in [5.41, 5.74) is 12.6. The molecule has 0 saturated carbocycles. The van der Waals surface area contributed by atoms with Crippen molar-refractivity contribution in [2.45, 2.75) is 0 Å². The van der Waals surface area contributed by atoms with Gasteiger partial charge in [0, 0.05) is 49.1 Å². The van der Waals surface area contributed by atoms with Crippen LogP contribution in [-0.2, 0) is 0 Å². The van der Waals surface area contributed by atoms with Crippen LogP contribution in [0.15, 0.2) is 206 Å². The highest BCUT2D eigenvalue weighted by Crippen LogP contribution is 2.44. The van der Waals surface area contributed by atoms with Gasteiger partial charge in [-0.05, 0) is 83.9 Å². The fourth-order valence-electron chi connectivity index (χ4n) is 10.0. The van der Waals surface area contributed by atoms with Crippen LogP contribution in [0.2, 0.25) is 0 Å². The van der Waals surface area contributed by atoms with Crippen LogP contribution >= 0.6 is 0 Å². The normalized spacial score (nSPS) is 11.6. The number of fused-ring (bicyclic) bond motifs is 10. The number of hydrogen-bond donors (Lipinski definition) is 0. The third kappa shape index (κ3) is 5.88. The molecule has 0 radical (unpaired) electrons. The molecule has 0 aliphatic heterocycles. The zero-order chi connectivity index (χ0) is 44.6. The molecule has 0 aliphatic rings. The average Bonchev–Trinajstić information content (AvgIpc) is 4.04. The Morgan fingerprint density at radius 3 is 1.72 bits per heavy atom. The molecule has 310 valence electrons. The first-order chi connectivity index (χ1) is 33.1. The highest BCUT2D eigenvalue weighted by molar-refractivity contribution is 6.26. The average molecular weight is 855 g/mol. The van der Waals surface area contributed by atoms with Gasteiger partial charge in [-0.15, -0.1) is 0 Å². The van der Waals surface area contributed by atoms with Crippen molar-refractivity contribution < 1.29 is 0 Å². The fourth-order valence-corrected chi connectivity index (χ4v) is 10.0. The first-order valence-corrected chi connectivity index (χ1v) is 22.0. The molecule has 0 N–H and O–H groups in total. The summed E-state index contributed by atoms with van der Waals surface area (Å²) in [6, 6.07) is 72.6. The summed E-state index contributed by atoms with van der Waals surface area (Å²) in [7, 11) is 0. The monoisotopic (exact) mass is 854 g/mol. The summed E-state index contributed by atoms with van der Waals surface area (Å²) in [6.45, 7) is 8.28. The van der Waals surface area contributed by atoms with Crippen LogP contribution in [0.4, 0.5) is 5.69 Å². The molecule has 13 rings (SSSR count). The number of hydrogen-bond acceptors (Lipinski definition) is 4. The maximum absolute atomic E-state index is 9.50. The molecule has 0 amide bonds. The second kappa shape index (κ2) is 15.0. The highest BCUT2D eigenvalue weighted by Gasteiger charge is 2.25. The molecule has 67 heavy (non-hydrogen) atoms. The standard InChI is InChI=1S/C59H34N8/c1-61-41-30-32-53(66-49-22-9-7-20-45(49)46-31-33-54-55(56(46)66)47-21-8-12-25-52(47)65(54)42-16-3-2-4-17-42)48(35-41)58-62-57(40-15-13-14-39(34-40)38-28-26-37(36-60)27-29-38)63-59(64-58)67-50-23-10-5-18-43(50)44-19-6-11-24-51(44)67/h2-35H. The first-order valence-electron chi connectivity index (χ1n) is 22.0. The summed E-state index contributed by atoms with van der Waals surface area (Å²) >= 11 is 0. The molecule has 0 bridgehead atoms. The van der Waals surface area contributed by atoms with Crippen molar-refractivity contribution in [2.75, 3.05) is 0 Å². The molecule has 8 heteroatoms. The summed E-state index contributed by atoms with van der Waals surface area (Å²) in [4.78, 5) is 20.1. The molecule has 4 aromatic heterocycles. The summed E-state index contributed by atoms with van der Waals surface area (Å²) in [6.07, 6.45) is 0. The lowest BCUT2D eigenvalue weighted by atomic mass is 10.0. The van der Waals surface area contributed by atoms with E-state index in [0.717, 1.165) is 93.5 Å². The number of para-hydroxylation sites is 5. The molecule has 0 aliphatic carbocycles. The smallest absolute Gasteiger partial charge is 0.238 e. The minimum absolute atomic E-state index is 0.427. The van der Waals surface area contributed by atoms with Crippen molar-refractivity contribution in [1.29, 1.82) is 5.26 Å². The van der Waals surface area contributed by atoms with Crippen LogP contribution in [0.5, 0.6) is 0 Å². The van der Waals surface area contributed by atoms with E-state index in [1.807, 2.05) is 72.8 Å². The van der Waals surface area contributed by atoms with Crippen LogP contribution in [0.25, 0.3) is 121 Å². The highest BCUT2D eigenvalue weighted by atomic mass is 15.2. The first kappa shape index (κ1) is 37.9. The van der Waals surface area contributed by atoms with E-state index < -0.39 is 0 Å². The number of rotatable bonds is 6. The third-order valence-corrected chi connectivity index (χ3v) is 12.9. The van der Waals surface area contributed by atoms with Crippen molar-refractivity contribution in [3.05, 3.63) is 223 Å². The molecule has 0 atom stereocenters. The van der Waals surface area contributed by atoms with E-state index in [2.05, 4.69) is 158 Å². The molecule has 0 saturated heterocycles. The maximum Gasteiger partial charge on any atom is 0.238 e. The summed E-state index contributed by atoms with van der Waals surface area (Å²) in [5.74, 6) is 1.36. The van der Waals surface area contributed by atoms with Crippen LogP contribution in [0.1, 0.15) is 5.56 Å². The molecule has 0 fully saturated rings. The maximum atomic E-state index is 9.50. The molecular formula is C59H34N8. The zero-order valence-electron chi connectivity index (χ0n) is 35.7. The summed E-state index contributed by atoms with van der Waals surface area (Å²) in [5, 5.41) is 16.2. The second-order valence-electron chi connectivity index (χ2n) is 16.6. The van der Waals surface area contributed by atoms with Gasteiger partial charge in [-0.25, -0.2) is 9.83 Å². The van der Waals surface area contributed by atoms with E-state index in [0.29, 0.717) is 34.4 Å². The van der Waals surface area contributed by atoms with Crippen molar-refractivity contribution in [2.24, 2.45) is 0 Å². The van der Waals surface area contributed by atoms with E-state index in [1.165, 1.54) is 0 Å². The Kier molecular flexibility index (Phi) is 8.48. The summed E-state index contributed by atoms with van der Waals surface area (Å²) < 4.78 is 6.80. The largest absolute Gasteiger partial charge is 0.309 e. The predicted molar refractivity (Wildman–Crippen MR) is 270 cm³/mol. The zero-order valence-corrected chi connectivity index (χ0v) is 35.7. The Morgan fingerprint density at radius 2 is 1.03 bits per heavy atom. The van der Waals surface area contributed by atoms with Crippen molar-refractivity contribution >= 4 is 71.1 Å². The van der Waals surface area contributed by atoms with E-state index in [4.69, 9.17) is 21.5 Å². The van der Waals surface area contributed by atoms with Gasteiger partial charge in [0.1, 0.15) is 0 Å².